The van der Waals surface area contributed by atoms with Crippen LogP contribution in [-0.2, 0) is 9.59 Å². The van der Waals surface area contributed by atoms with E-state index >= 15 is 0 Å². The monoisotopic (exact) mass is 191 g/mol. The summed E-state index contributed by atoms with van der Waals surface area (Å²) in [6.07, 6.45) is -0.184. The maximum atomic E-state index is 11.5. The number of nitrogens with two attached hydrogens (primary N) is 1. The highest BCUT2D eigenvalue weighted by Gasteiger charge is 2.16. The largest absolute Gasteiger partial charge is 0.369 e. The summed E-state index contributed by atoms with van der Waals surface area (Å²) in [5, 5.41) is 0. The summed E-state index contributed by atoms with van der Waals surface area (Å²) in [6, 6.07) is 9.34. The van der Waals surface area contributed by atoms with Crippen molar-refractivity contribution in [2.75, 3.05) is 0 Å². The highest BCUT2D eigenvalue weighted by atomic mass is 16.2. The van der Waals surface area contributed by atoms with Crippen LogP contribution < -0.4 is 5.73 Å². The van der Waals surface area contributed by atoms with Gasteiger partial charge in [-0.15, -0.1) is 0 Å². The first kappa shape index (κ1) is 10.4. The van der Waals surface area contributed by atoms with E-state index in [1.807, 2.05) is 30.3 Å². The number of carbonyl (C=O) groups is 2. The molecule has 1 aromatic carbocycles. The summed E-state index contributed by atoms with van der Waals surface area (Å²) in [7, 11) is 0. The molecule has 14 heavy (non-hydrogen) atoms. The molecule has 1 unspecified atom stereocenters. The van der Waals surface area contributed by atoms with Crippen molar-refractivity contribution in [1.29, 1.82) is 0 Å². The van der Waals surface area contributed by atoms with Crippen LogP contribution in [0.1, 0.15) is 24.8 Å². The molecule has 74 valence electrons. The zero-order valence-electron chi connectivity index (χ0n) is 8.07. The van der Waals surface area contributed by atoms with E-state index in [1.54, 1.807) is 6.92 Å². The van der Waals surface area contributed by atoms with E-state index in [-0.39, 0.29) is 18.1 Å². The zero-order valence-corrected chi connectivity index (χ0v) is 8.07. The molecule has 1 aromatic rings. The highest BCUT2D eigenvalue weighted by molar-refractivity contribution is 6.00. The molecule has 0 aliphatic carbocycles. The molecule has 0 spiro atoms. The predicted octanol–water partition coefficient (Wildman–Crippen LogP) is 1.23. The van der Waals surface area contributed by atoms with Crippen molar-refractivity contribution in [2.45, 2.75) is 19.3 Å². The van der Waals surface area contributed by atoms with Gasteiger partial charge in [-0.1, -0.05) is 37.3 Å². The van der Waals surface area contributed by atoms with Crippen LogP contribution in [0.4, 0.5) is 0 Å². The van der Waals surface area contributed by atoms with Gasteiger partial charge in [0.1, 0.15) is 5.78 Å². The Bertz CT molecular complexity index is 332. The molecule has 0 aliphatic rings. The third kappa shape index (κ3) is 2.69. The quantitative estimate of drug-likeness (QED) is 0.728. The summed E-state index contributed by atoms with van der Waals surface area (Å²) in [5.41, 5.74) is 5.86. The van der Waals surface area contributed by atoms with Crippen LogP contribution in [0.5, 0.6) is 0 Å². The molecule has 0 saturated heterocycles. The fraction of sp³-hybridized carbons (Fsp3) is 0.273. The Morgan fingerprint density at radius 3 is 2.36 bits per heavy atom. The smallest absolute Gasteiger partial charge is 0.224 e. The molecule has 1 rings (SSSR count). The van der Waals surface area contributed by atoms with Gasteiger partial charge in [0.05, 0.1) is 6.42 Å². The first-order valence-electron chi connectivity index (χ1n) is 4.47. The predicted molar refractivity (Wildman–Crippen MR) is 53.7 cm³/mol. The van der Waals surface area contributed by atoms with Crippen LogP contribution in [0.3, 0.4) is 0 Å². The van der Waals surface area contributed by atoms with Crippen molar-refractivity contribution < 1.29 is 9.59 Å². The molecule has 1 atom stereocenters. The molecule has 0 heterocycles. The van der Waals surface area contributed by atoms with Gasteiger partial charge >= 0.3 is 0 Å². The molecule has 0 radical (unpaired) electrons. The Morgan fingerprint density at radius 2 is 1.86 bits per heavy atom. The Kier molecular flexibility index (Phi) is 3.40. The second kappa shape index (κ2) is 4.56. The van der Waals surface area contributed by atoms with E-state index < -0.39 is 5.91 Å². The van der Waals surface area contributed by atoms with Gasteiger partial charge in [0, 0.05) is 5.92 Å². The number of benzene rings is 1. The second-order valence-electron chi connectivity index (χ2n) is 3.24. The minimum Gasteiger partial charge on any atom is -0.369 e. The van der Waals surface area contributed by atoms with E-state index in [1.165, 1.54) is 0 Å². The SMILES string of the molecule is CC(C(=O)CC(N)=O)c1ccccc1. The first-order chi connectivity index (χ1) is 6.61. The van der Waals surface area contributed by atoms with Crippen LogP contribution in [-0.4, -0.2) is 11.7 Å². The molecule has 1 amide bonds. The summed E-state index contributed by atoms with van der Waals surface area (Å²) >= 11 is 0. The molecule has 2 N–H and O–H groups in total. The Hall–Kier alpha value is -1.64. The fourth-order valence-corrected chi connectivity index (χ4v) is 1.25. The third-order valence-corrected chi connectivity index (χ3v) is 2.13. The number of hydrogen-bond donors (Lipinski definition) is 1. The molecular formula is C11H13NO2. The van der Waals surface area contributed by atoms with E-state index in [9.17, 15) is 9.59 Å². The molecular weight excluding hydrogens is 178 g/mol. The Morgan fingerprint density at radius 1 is 1.29 bits per heavy atom. The number of rotatable bonds is 4. The lowest BCUT2D eigenvalue weighted by molar-refractivity contribution is -0.127. The third-order valence-electron chi connectivity index (χ3n) is 2.13. The molecule has 0 fully saturated rings. The highest BCUT2D eigenvalue weighted by Crippen LogP contribution is 2.16. The molecule has 3 nitrogen and oxygen atoms in total. The van der Waals surface area contributed by atoms with Crippen LogP contribution in [0.15, 0.2) is 30.3 Å². The summed E-state index contributed by atoms with van der Waals surface area (Å²) < 4.78 is 0. The lowest BCUT2D eigenvalue weighted by Gasteiger charge is -2.08. The van der Waals surface area contributed by atoms with Crippen molar-refractivity contribution in [3.63, 3.8) is 0 Å². The summed E-state index contributed by atoms with van der Waals surface area (Å²) in [4.78, 5) is 22.0. The fourth-order valence-electron chi connectivity index (χ4n) is 1.25. The Labute approximate surface area is 82.9 Å². The number of amides is 1. The zero-order chi connectivity index (χ0) is 10.6. The van der Waals surface area contributed by atoms with Gasteiger partial charge < -0.3 is 5.73 Å². The van der Waals surface area contributed by atoms with Crippen molar-refractivity contribution in [2.24, 2.45) is 5.73 Å². The van der Waals surface area contributed by atoms with Crippen LogP contribution in [0.25, 0.3) is 0 Å². The average Bonchev–Trinajstić information content (AvgIpc) is 2.17. The van der Waals surface area contributed by atoms with Crippen LogP contribution in [0.2, 0.25) is 0 Å². The van der Waals surface area contributed by atoms with Crippen molar-refractivity contribution in [1.82, 2.24) is 0 Å². The minimum atomic E-state index is -0.571. The van der Waals surface area contributed by atoms with E-state index in [2.05, 4.69) is 0 Å². The van der Waals surface area contributed by atoms with Crippen molar-refractivity contribution in [3.8, 4) is 0 Å². The lowest BCUT2D eigenvalue weighted by Crippen LogP contribution is -2.19. The number of hydrogen-bond acceptors (Lipinski definition) is 2. The number of primary amides is 1. The van der Waals surface area contributed by atoms with Gasteiger partial charge in [0.25, 0.3) is 0 Å². The van der Waals surface area contributed by atoms with E-state index in [4.69, 9.17) is 5.73 Å². The summed E-state index contributed by atoms with van der Waals surface area (Å²) in [5.74, 6) is -0.967. The standard InChI is InChI=1S/C11H13NO2/c1-8(10(13)7-11(12)14)9-5-3-2-4-6-9/h2-6,8H,7H2,1H3,(H2,12,14). The average molecular weight is 191 g/mol. The van der Waals surface area contributed by atoms with Gasteiger partial charge in [-0.25, -0.2) is 0 Å². The second-order valence-corrected chi connectivity index (χ2v) is 3.24. The van der Waals surface area contributed by atoms with E-state index in [0.717, 1.165) is 5.56 Å². The normalized spacial score (nSPS) is 12.1. The van der Waals surface area contributed by atoms with Crippen LogP contribution in [0, 0.1) is 0 Å². The molecule has 3 heteroatoms. The van der Waals surface area contributed by atoms with Gasteiger partial charge in [-0.3, -0.25) is 9.59 Å². The van der Waals surface area contributed by atoms with Gasteiger partial charge in [-0.05, 0) is 5.56 Å². The van der Waals surface area contributed by atoms with Crippen LogP contribution >= 0.6 is 0 Å². The van der Waals surface area contributed by atoms with E-state index in [0.29, 0.717) is 0 Å². The maximum Gasteiger partial charge on any atom is 0.224 e. The first-order valence-corrected chi connectivity index (χ1v) is 4.47. The number of Topliss-reactive ketones (excluding diaryl/α,β-unsaturated/α-hetero) is 1. The number of carbonyl (C=O) groups excluding carboxylic acids is 2. The molecule has 0 bridgehead atoms. The van der Waals surface area contributed by atoms with Gasteiger partial charge in [0.2, 0.25) is 5.91 Å². The van der Waals surface area contributed by atoms with Gasteiger partial charge in [-0.2, -0.15) is 0 Å². The number of ketones is 1. The topological polar surface area (TPSA) is 60.2 Å². The molecule has 0 saturated carbocycles. The minimum absolute atomic E-state index is 0.135. The maximum absolute atomic E-state index is 11.5. The van der Waals surface area contributed by atoms with Crippen molar-refractivity contribution >= 4 is 11.7 Å². The lowest BCUT2D eigenvalue weighted by atomic mass is 9.95. The Balaban J connectivity index is 2.71. The molecule has 0 aliphatic heterocycles. The summed E-state index contributed by atoms with van der Waals surface area (Å²) in [6.45, 7) is 1.78. The molecule has 0 aromatic heterocycles. The van der Waals surface area contributed by atoms with Gasteiger partial charge in [0.15, 0.2) is 0 Å². The van der Waals surface area contributed by atoms with Crippen molar-refractivity contribution in [3.05, 3.63) is 35.9 Å².